The first-order valence-corrected chi connectivity index (χ1v) is 12.0. The number of rotatable bonds is 7. The lowest BCUT2D eigenvalue weighted by Crippen LogP contribution is -2.35. The van der Waals surface area contributed by atoms with Crippen LogP contribution in [-0.4, -0.2) is 43.4 Å². The normalized spacial score (nSPS) is 14.3. The Morgan fingerprint density at radius 1 is 1.15 bits per heavy atom. The van der Waals surface area contributed by atoms with Crippen LogP contribution in [0.4, 0.5) is 17.5 Å². The van der Waals surface area contributed by atoms with Crippen LogP contribution in [0, 0.1) is 0 Å². The minimum absolute atomic E-state index is 0.191. The molecule has 0 atom stereocenters. The molecule has 1 aliphatic heterocycles. The highest BCUT2D eigenvalue weighted by molar-refractivity contribution is 9.10. The number of piperidine rings is 1. The van der Waals surface area contributed by atoms with E-state index < -0.39 is 0 Å². The Hall–Kier alpha value is -3.50. The number of hydrogen-bond acceptors (Lipinski definition) is 7. The number of benzene rings is 1. The number of anilines is 3. The summed E-state index contributed by atoms with van der Waals surface area (Å²) < 4.78 is 4.29. The van der Waals surface area contributed by atoms with E-state index in [1.165, 1.54) is 0 Å². The van der Waals surface area contributed by atoms with Gasteiger partial charge in [-0.25, -0.2) is 19.3 Å². The summed E-state index contributed by atoms with van der Waals surface area (Å²) in [4.78, 5) is 27.0. The summed E-state index contributed by atoms with van der Waals surface area (Å²) in [5.41, 5.74) is 1.13. The molecule has 9 nitrogen and oxygen atoms in total. The van der Waals surface area contributed by atoms with Crippen LogP contribution >= 0.6 is 15.9 Å². The average molecular weight is 521 g/mol. The van der Waals surface area contributed by atoms with Crippen molar-refractivity contribution in [2.24, 2.45) is 0 Å². The SMILES string of the molecule is C=CCn1c(=O)c2cnc(Nc3ccc(Br)cc3)nc2n1-c1cccc(NC2CCNCC2)n1. The van der Waals surface area contributed by atoms with Gasteiger partial charge in [0, 0.05) is 22.4 Å². The highest BCUT2D eigenvalue weighted by Gasteiger charge is 2.19. The van der Waals surface area contributed by atoms with Crippen molar-refractivity contribution in [3.05, 3.63) is 76.1 Å². The van der Waals surface area contributed by atoms with Crippen molar-refractivity contribution in [1.82, 2.24) is 29.6 Å². The van der Waals surface area contributed by atoms with Crippen molar-refractivity contribution in [1.29, 1.82) is 0 Å². The number of hydrogen-bond donors (Lipinski definition) is 3. The zero-order valence-corrected chi connectivity index (χ0v) is 20.1. The zero-order chi connectivity index (χ0) is 23.5. The van der Waals surface area contributed by atoms with Gasteiger partial charge in [-0.1, -0.05) is 28.1 Å². The quantitative estimate of drug-likeness (QED) is 0.318. The number of aromatic nitrogens is 5. The maximum absolute atomic E-state index is 13.2. The van der Waals surface area contributed by atoms with Crippen molar-refractivity contribution >= 4 is 44.4 Å². The van der Waals surface area contributed by atoms with E-state index in [4.69, 9.17) is 4.98 Å². The van der Waals surface area contributed by atoms with Crippen LogP contribution in [0.15, 0.2) is 70.6 Å². The second-order valence-corrected chi connectivity index (χ2v) is 9.02. The van der Waals surface area contributed by atoms with Crippen molar-refractivity contribution in [3.8, 4) is 5.82 Å². The summed E-state index contributed by atoms with van der Waals surface area (Å²) in [7, 11) is 0. The molecule has 34 heavy (non-hydrogen) atoms. The molecule has 1 aliphatic rings. The molecular formula is C24H25BrN8O. The van der Waals surface area contributed by atoms with Gasteiger partial charge in [0.2, 0.25) is 5.95 Å². The highest BCUT2D eigenvalue weighted by Crippen LogP contribution is 2.21. The Kier molecular flexibility index (Phi) is 6.41. The molecule has 5 rings (SSSR count). The first kappa shape index (κ1) is 22.3. The van der Waals surface area contributed by atoms with E-state index in [-0.39, 0.29) is 5.56 Å². The molecule has 1 saturated heterocycles. The average Bonchev–Trinajstić information content (AvgIpc) is 3.12. The summed E-state index contributed by atoms with van der Waals surface area (Å²) in [6, 6.07) is 13.8. The highest BCUT2D eigenvalue weighted by atomic mass is 79.9. The van der Waals surface area contributed by atoms with Gasteiger partial charge in [0.25, 0.3) is 5.56 Å². The third-order valence-electron chi connectivity index (χ3n) is 5.72. The molecule has 4 aromatic rings. The van der Waals surface area contributed by atoms with Gasteiger partial charge in [-0.3, -0.25) is 4.79 Å². The molecule has 0 unspecified atom stereocenters. The first-order chi connectivity index (χ1) is 16.6. The molecule has 1 fully saturated rings. The van der Waals surface area contributed by atoms with Crippen LogP contribution in [0.2, 0.25) is 0 Å². The first-order valence-electron chi connectivity index (χ1n) is 11.2. The van der Waals surface area contributed by atoms with E-state index in [2.05, 4.69) is 48.4 Å². The van der Waals surface area contributed by atoms with Crippen molar-refractivity contribution in [2.75, 3.05) is 23.7 Å². The Morgan fingerprint density at radius 3 is 2.71 bits per heavy atom. The Morgan fingerprint density at radius 2 is 1.94 bits per heavy atom. The lowest BCUT2D eigenvalue weighted by atomic mass is 10.1. The number of allylic oxidation sites excluding steroid dienone is 1. The maximum atomic E-state index is 13.2. The van der Waals surface area contributed by atoms with Gasteiger partial charge in [-0.05, 0) is 62.3 Å². The smallest absolute Gasteiger partial charge is 0.278 e. The van der Waals surface area contributed by atoms with Crippen LogP contribution in [0.1, 0.15) is 12.8 Å². The molecular weight excluding hydrogens is 496 g/mol. The fourth-order valence-electron chi connectivity index (χ4n) is 4.07. The topological polar surface area (TPSA) is 102 Å². The molecule has 3 N–H and O–H groups in total. The molecule has 0 saturated carbocycles. The fourth-order valence-corrected chi connectivity index (χ4v) is 4.33. The van der Waals surface area contributed by atoms with E-state index in [0.717, 1.165) is 41.9 Å². The number of fused-ring (bicyclic) bond motifs is 1. The monoisotopic (exact) mass is 520 g/mol. The maximum Gasteiger partial charge on any atom is 0.278 e. The van der Waals surface area contributed by atoms with E-state index in [1.54, 1.807) is 21.6 Å². The van der Waals surface area contributed by atoms with Gasteiger partial charge in [-0.15, -0.1) is 6.58 Å². The molecule has 4 heterocycles. The molecule has 0 bridgehead atoms. The molecule has 10 heteroatoms. The number of pyridine rings is 1. The Bertz CT molecular complexity index is 1370. The fraction of sp³-hybridized carbons (Fsp3) is 0.250. The van der Waals surface area contributed by atoms with E-state index in [1.807, 2.05) is 42.5 Å². The van der Waals surface area contributed by atoms with Crippen molar-refractivity contribution < 1.29 is 0 Å². The van der Waals surface area contributed by atoms with E-state index in [0.29, 0.717) is 35.4 Å². The Balaban J connectivity index is 1.56. The summed E-state index contributed by atoms with van der Waals surface area (Å²) in [5.74, 6) is 1.76. The standard InChI is InChI=1S/C24H25BrN8O/c1-2-14-32-23(34)19-15-27-24(29-17-8-6-16(25)7-9-17)31-22(19)33(32)21-5-3-4-20(30-21)28-18-10-12-26-13-11-18/h2-9,15,18,26H,1,10-14H2,(H,28,30)(H,27,29,31). The molecule has 0 radical (unpaired) electrons. The summed E-state index contributed by atoms with van der Waals surface area (Å²) in [5, 5.41) is 10.5. The minimum atomic E-state index is -0.191. The third kappa shape index (κ3) is 4.59. The number of nitrogens with one attached hydrogen (secondary N) is 3. The number of halogens is 1. The predicted molar refractivity (Wildman–Crippen MR) is 138 cm³/mol. The van der Waals surface area contributed by atoms with Gasteiger partial charge in [-0.2, -0.15) is 4.98 Å². The molecule has 0 spiro atoms. The van der Waals surface area contributed by atoms with Crippen LogP contribution in [0.25, 0.3) is 16.9 Å². The van der Waals surface area contributed by atoms with E-state index >= 15 is 0 Å². The summed E-state index contributed by atoms with van der Waals surface area (Å²) >= 11 is 3.44. The third-order valence-corrected chi connectivity index (χ3v) is 6.25. The molecule has 3 aromatic heterocycles. The largest absolute Gasteiger partial charge is 0.367 e. The number of nitrogens with zero attached hydrogens (tertiary/aromatic N) is 5. The van der Waals surface area contributed by atoms with Gasteiger partial charge < -0.3 is 16.0 Å². The predicted octanol–water partition coefficient (Wildman–Crippen LogP) is 3.83. The summed E-state index contributed by atoms with van der Waals surface area (Å²) in [6.45, 7) is 6.11. The molecule has 0 aliphatic carbocycles. The van der Waals surface area contributed by atoms with Crippen LogP contribution in [0.5, 0.6) is 0 Å². The van der Waals surface area contributed by atoms with Gasteiger partial charge in [0.1, 0.15) is 11.2 Å². The summed E-state index contributed by atoms with van der Waals surface area (Å²) in [6.07, 6.45) is 5.32. The van der Waals surface area contributed by atoms with Crippen LogP contribution in [0.3, 0.4) is 0 Å². The van der Waals surface area contributed by atoms with Crippen LogP contribution in [-0.2, 0) is 6.54 Å². The van der Waals surface area contributed by atoms with Gasteiger partial charge in [0.05, 0.1) is 6.54 Å². The van der Waals surface area contributed by atoms with Crippen LogP contribution < -0.4 is 21.5 Å². The van der Waals surface area contributed by atoms with E-state index in [9.17, 15) is 4.79 Å². The van der Waals surface area contributed by atoms with Gasteiger partial charge >= 0.3 is 0 Å². The molecule has 1 aromatic carbocycles. The zero-order valence-electron chi connectivity index (χ0n) is 18.5. The minimum Gasteiger partial charge on any atom is -0.367 e. The van der Waals surface area contributed by atoms with Gasteiger partial charge in [0.15, 0.2) is 11.5 Å². The second-order valence-electron chi connectivity index (χ2n) is 8.10. The van der Waals surface area contributed by atoms with Crippen molar-refractivity contribution in [2.45, 2.75) is 25.4 Å². The molecule has 174 valence electrons. The second kappa shape index (κ2) is 9.78. The lowest BCUT2D eigenvalue weighted by Gasteiger charge is -2.24. The molecule has 0 amide bonds. The Labute approximate surface area is 205 Å². The lowest BCUT2D eigenvalue weighted by molar-refractivity contribution is 0.478. The van der Waals surface area contributed by atoms with Crippen molar-refractivity contribution in [3.63, 3.8) is 0 Å².